The van der Waals surface area contributed by atoms with Crippen LogP contribution in [0.1, 0.15) is 18.9 Å². The second-order valence-corrected chi connectivity index (χ2v) is 7.01. The molecule has 1 unspecified atom stereocenters. The van der Waals surface area contributed by atoms with Gasteiger partial charge in [-0.25, -0.2) is 4.99 Å². The number of hydrogen-bond acceptors (Lipinski definition) is 5. The molecule has 3 N–H and O–H groups in total. The van der Waals surface area contributed by atoms with Crippen molar-refractivity contribution in [3.8, 4) is 17.2 Å². The van der Waals surface area contributed by atoms with Crippen LogP contribution in [-0.2, 0) is 6.54 Å². The van der Waals surface area contributed by atoms with Crippen LogP contribution >= 0.6 is 0 Å². The number of rotatable bonds is 7. The van der Waals surface area contributed by atoms with E-state index >= 15 is 0 Å². The van der Waals surface area contributed by atoms with Gasteiger partial charge in [0.15, 0.2) is 5.96 Å². The first-order chi connectivity index (χ1) is 14.1. The Morgan fingerprint density at radius 2 is 1.93 bits per heavy atom. The number of phenols is 1. The van der Waals surface area contributed by atoms with E-state index in [-0.39, 0.29) is 11.8 Å². The molecular formula is C22H30N4O3. The Bertz CT molecular complexity index is 818. The summed E-state index contributed by atoms with van der Waals surface area (Å²) >= 11 is 0. The number of nitrogens with one attached hydrogen (secondary N) is 2. The summed E-state index contributed by atoms with van der Waals surface area (Å²) in [6, 6.07) is 13.4. The zero-order chi connectivity index (χ0) is 20.6. The molecule has 0 amide bonds. The highest BCUT2D eigenvalue weighted by molar-refractivity contribution is 5.80. The van der Waals surface area contributed by atoms with Gasteiger partial charge in [0.1, 0.15) is 17.2 Å². The first-order valence-electron chi connectivity index (χ1n) is 9.92. The maximum atomic E-state index is 9.62. The van der Waals surface area contributed by atoms with E-state index in [1.54, 1.807) is 26.4 Å². The molecular weight excluding hydrogens is 368 g/mol. The topological polar surface area (TPSA) is 78.4 Å². The number of benzene rings is 2. The van der Waals surface area contributed by atoms with Crippen molar-refractivity contribution in [3.63, 3.8) is 0 Å². The van der Waals surface area contributed by atoms with Gasteiger partial charge >= 0.3 is 0 Å². The molecule has 1 heterocycles. The maximum absolute atomic E-state index is 9.62. The van der Waals surface area contributed by atoms with Crippen LogP contribution in [0.2, 0.25) is 0 Å². The van der Waals surface area contributed by atoms with E-state index in [0.717, 1.165) is 54.8 Å². The molecule has 29 heavy (non-hydrogen) atoms. The number of phenolic OH excluding ortho intramolecular Hbond substituents is 1. The molecule has 1 saturated heterocycles. The molecule has 0 radical (unpaired) electrons. The molecule has 7 heteroatoms. The Labute approximate surface area is 172 Å². The number of aromatic hydroxyl groups is 1. The van der Waals surface area contributed by atoms with Crippen molar-refractivity contribution in [2.45, 2.75) is 25.9 Å². The first kappa shape index (κ1) is 20.6. The third kappa shape index (κ3) is 5.70. The van der Waals surface area contributed by atoms with Crippen molar-refractivity contribution in [3.05, 3.63) is 48.0 Å². The van der Waals surface area contributed by atoms with Gasteiger partial charge in [-0.2, -0.15) is 0 Å². The van der Waals surface area contributed by atoms with Gasteiger partial charge in [-0.05, 0) is 31.0 Å². The predicted octanol–water partition coefficient (Wildman–Crippen LogP) is 2.74. The highest BCUT2D eigenvalue weighted by atomic mass is 16.5. The van der Waals surface area contributed by atoms with Gasteiger partial charge in [-0.15, -0.1) is 0 Å². The average molecular weight is 399 g/mol. The average Bonchev–Trinajstić information content (AvgIpc) is 3.20. The van der Waals surface area contributed by atoms with Gasteiger partial charge in [0.05, 0.1) is 20.8 Å². The molecule has 0 aromatic heterocycles. The van der Waals surface area contributed by atoms with Crippen molar-refractivity contribution in [1.82, 2.24) is 10.6 Å². The lowest BCUT2D eigenvalue weighted by atomic mass is 10.2. The van der Waals surface area contributed by atoms with Crippen LogP contribution in [0.3, 0.4) is 0 Å². The lowest BCUT2D eigenvalue weighted by Gasteiger charge is -2.21. The number of guanidine groups is 1. The summed E-state index contributed by atoms with van der Waals surface area (Å²) in [4.78, 5) is 6.99. The largest absolute Gasteiger partial charge is 0.508 e. The number of anilines is 1. The molecule has 3 rings (SSSR count). The fraction of sp³-hybridized carbons (Fsp3) is 0.409. The van der Waals surface area contributed by atoms with E-state index < -0.39 is 0 Å². The van der Waals surface area contributed by atoms with Crippen LogP contribution in [0, 0.1) is 0 Å². The SMILES string of the molecule is CCNC(=NCc1cccc(O)c1)NC1CCN(c2cc(OC)cc(OC)c2)C1. The molecule has 1 aliphatic heterocycles. The molecule has 1 atom stereocenters. The second kappa shape index (κ2) is 9.91. The molecule has 7 nitrogen and oxygen atoms in total. The minimum Gasteiger partial charge on any atom is -0.508 e. The maximum Gasteiger partial charge on any atom is 0.191 e. The second-order valence-electron chi connectivity index (χ2n) is 7.01. The molecule has 156 valence electrons. The molecule has 0 saturated carbocycles. The molecule has 0 aliphatic carbocycles. The van der Waals surface area contributed by atoms with Crippen molar-refractivity contribution < 1.29 is 14.6 Å². The van der Waals surface area contributed by atoms with Gasteiger partial charge in [0.2, 0.25) is 0 Å². The Balaban J connectivity index is 1.64. The summed E-state index contributed by atoms with van der Waals surface area (Å²) in [6.45, 7) is 5.16. The summed E-state index contributed by atoms with van der Waals surface area (Å²) in [5.74, 6) is 2.62. The third-order valence-electron chi connectivity index (χ3n) is 4.90. The van der Waals surface area contributed by atoms with Crippen LogP contribution in [-0.4, -0.2) is 51.0 Å². The minimum atomic E-state index is 0.260. The molecule has 0 bridgehead atoms. The van der Waals surface area contributed by atoms with E-state index in [1.165, 1.54) is 0 Å². The van der Waals surface area contributed by atoms with Crippen molar-refractivity contribution in [1.29, 1.82) is 0 Å². The van der Waals surface area contributed by atoms with Crippen LogP contribution in [0.5, 0.6) is 17.2 Å². The molecule has 2 aromatic rings. The highest BCUT2D eigenvalue weighted by Crippen LogP contribution is 2.30. The van der Waals surface area contributed by atoms with Crippen molar-refractivity contribution in [2.75, 3.05) is 38.8 Å². The van der Waals surface area contributed by atoms with Gasteiger partial charge < -0.3 is 30.1 Å². The summed E-state index contributed by atoms with van der Waals surface area (Å²) in [5.41, 5.74) is 2.06. The first-order valence-corrected chi connectivity index (χ1v) is 9.92. The molecule has 1 fully saturated rings. The zero-order valence-electron chi connectivity index (χ0n) is 17.3. The molecule has 1 aliphatic rings. The third-order valence-corrected chi connectivity index (χ3v) is 4.90. The Morgan fingerprint density at radius 3 is 2.59 bits per heavy atom. The Kier molecular flexibility index (Phi) is 7.05. The fourth-order valence-corrected chi connectivity index (χ4v) is 3.43. The monoisotopic (exact) mass is 398 g/mol. The van der Waals surface area contributed by atoms with Crippen molar-refractivity contribution >= 4 is 11.6 Å². The van der Waals surface area contributed by atoms with E-state index in [1.807, 2.05) is 30.3 Å². The predicted molar refractivity (Wildman–Crippen MR) is 116 cm³/mol. The summed E-state index contributed by atoms with van der Waals surface area (Å²) in [7, 11) is 3.33. The lowest BCUT2D eigenvalue weighted by molar-refractivity contribution is 0.394. The van der Waals surface area contributed by atoms with Crippen molar-refractivity contribution in [2.24, 2.45) is 4.99 Å². The number of hydrogen-bond donors (Lipinski definition) is 3. The standard InChI is InChI=1S/C22H30N4O3/c1-4-23-22(24-14-16-6-5-7-19(27)10-16)25-17-8-9-26(15-17)18-11-20(28-2)13-21(12-18)29-3/h5-7,10-13,17,27H,4,8-9,14-15H2,1-3H3,(H2,23,24,25). The van der Waals surface area contributed by atoms with Crippen LogP contribution in [0.4, 0.5) is 5.69 Å². The highest BCUT2D eigenvalue weighted by Gasteiger charge is 2.24. The fourth-order valence-electron chi connectivity index (χ4n) is 3.43. The van der Waals surface area contributed by atoms with E-state index in [0.29, 0.717) is 6.54 Å². The van der Waals surface area contributed by atoms with Gasteiger partial charge in [0.25, 0.3) is 0 Å². The number of methoxy groups -OCH3 is 2. The quantitative estimate of drug-likeness (QED) is 0.492. The van der Waals surface area contributed by atoms with Gasteiger partial charge in [0, 0.05) is 49.6 Å². The molecule has 2 aromatic carbocycles. The molecule has 0 spiro atoms. The Morgan fingerprint density at radius 1 is 1.17 bits per heavy atom. The normalized spacial score (nSPS) is 16.6. The van der Waals surface area contributed by atoms with Crippen LogP contribution in [0.25, 0.3) is 0 Å². The van der Waals surface area contributed by atoms with Crippen LogP contribution < -0.4 is 25.0 Å². The summed E-state index contributed by atoms with van der Waals surface area (Å²) in [6.07, 6.45) is 1.01. The summed E-state index contributed by atoms with van der Waals surface area (Å²) in [5, 5.41) is 16.5. The van der Waals surface area contributed by atoms with Crippen LogP contribution in [0.15, 0.2) is 47.5 Å². The number of ether oxygens (including phenoxy) is 2. The number of nitrogens with zero attached hydrogens (tertiary/aromatic N) is 2. The van der Waals surface area contributed by atoms with Gasteiger partial charge in [-0.3, -0.25) is 0 Å². The zero-order valence-corrected chi connectivity index (χ0v) is 17.3. The smallest absolute Gasteiger partial charge is 0.191 e. The van der Waals surface area contributed by atoms with Gasteiger partial charge in [-0.1, -0.05) is 12.1 Å². The van der Waals surface area contributed by atoms with E-state index in [2.05, 4.69) is 27.4 Å². The van der Waals surface area contributed by atoms with E-state index in [4.69, 9.17) is 9.47 Å². The lowest BCUT2D eigenvalue weighted by Crippen LogP contribution is -2.44. The summed E-state index contributed by atoms with van der Waals surface area (Å²) < 4.78 is 10.8. The minimum absolute atomic E-state index is 0.260. The Hall–Kier alpha value is -3.09. The van der Waals surface area contributed by atoms with E-state index in [9.17, 15) is 5.11 Å². The number of aliphatic imine (C=N–C) groups is 1.